The number of halogens is 3. The number of methoxy groups -OCH3 is 2. The van der Waals surface area contributed by atoms with Gasteiger partial charge in [0.05, 0.1) is 19.8 Å². The van der Waals surface area contributed by atoms with Crippen LogP contribution in [0.4, 0.5) is 13.2 Å². The van der Waals surface area contributed by atoms with Crippen LogP contribution >= 0.6 is 0 Å². The summed E-state index contributed by atoms with van der Waals surface area (Å²) in [7, 11) is 2.92. The second-order valence-electron chi connectivity index (χ2n) is 5.53. The van der Waals surface area contributed by atoms with E-state index in [0.29, 0.717) is 23.1 Å². The minimum Gasteiger partial charge on any atom is -0.493 e. The van der Waals surface area contributed by atoms with Gasteiger partial charge in [-0.1, -0.05) is 24.3 Å². The molecule has 5 nitrogen and oxygen atoms in total. The second kappa shape index (κ2) is 9.07. The molecule has 0 saturated heterocycles. The largest absolute Gasteiger partial charge is 0.493 e. The number of carbonyl (C=O) groups is 2. The predicted octanol–water partition coefficient (Wildman–Crippen LogP) is 4.16. The van der Waals surface area contributed by atoms with Crippen molar-refractivity contribution in [2.75, 3.05) is 20.8 Å². The molecule has 2 aromatic carbocycles. The molecule has 0 N–H and O–H groups in total. The van der Waals surface area contributed by atoms with E-state index in [1.165, 1.54) is 26.4 Å². The Bertz CT molecular complexity index is 888. The average molecular weight is 394 g/mol. The Kier molecular flexibility index (Phi) is 6.81. The first kappa shape index (κ1) is 21.0. The van der Waals surface area contributed by atoms with Gasteiger partial charge in [0.25, 0.3) is 0 Å². The maximum absolute atomic E-state index is 12.7. The van der Waals surface area contributed by atoms with E-state index in [1.54, 1.807) is 18.2 Å². The molecular formula is C20H17F3O5. The van der Waals surface area contributed by atoms with E-state index in [4.69, 9.17) is 14.2 Å². The molecule has 0 radical (unpaired) electrons. The predicted molar refractivity (Wildman–Crippen MR) is 95.3 cm³/mol. The molecule has 148 valence electrons. The summed E-state index contributed by atoms with van der Waals surface area (Å²) in [4.78, 5) is 23.8. The van der Waals surface area contributed by atoms with E-state index in [2.05, 4.69) is 0 Å². The van der Waals surface area contributed by atoms with Crippen LogP contribution in [-0.4, -0.2) is 32.6 Å². The van der Waals surface area contributed by atoms with Crippen LogP contribution in [0.5, 0.6) is 11.5 Å². The zero-order valence-electron chi connectivity index (χ0n) is 15.1. The molecule has 2 rings (SSSR count). The molecule has 0 spiro atoms. The Hall–Kier alpha value is -3.29. The molecule has 0 amide bonds. The van der Waals surface area contributed by atoms with Crippen LogP contribution in [0, 0.1) is 0 Å². The van der Waals surface area contributed by atoms with E-state index in [9.17, 15) is 22.8 Å². The summed E-state index contributed by atoms with van der Waals surface area (Å²) >= 11 is 0. The molecule has 0 atom stereocenters. The van der Waals surface area contributed by atoms with Crippen LogP contribution in [0.15, 0.2) is 48.5 Å². The van der Waals surface area contributed by atoms with E-state index in [-0.39, 0.29) is 5.56 Å². The van der Waals surface area contributed by atoms with Crippen LogP contribution in [0.3, 0.4) is 0 Å². The topological polar surface area (TPSA) is 61.8 Å². The fourth-order valence-corrected chi connectivity index (χ4v) is 2.34. The Balaban J connectivity index is 2.01. The summed E-state index contributed by atoms with van der Waals surface area (Å²) in [5, 5.41) is 0. The van der Waals surface area contributed by atoms with Crippen LogP contribution in [-0.2, 0) is 15.7 Å². The average Bonchev–Trinajstić information content (AvgIpc) is 2.69. The molecule has 0 aliphatic rings. The highest BCUT2D eigenvalue weighted by atomic mass is 19.4. The first-order valence-electron chi connectivity index (χ1n) is 8.02. The van der Waals surface area contributed by atoms with Gasteiger partial charge in [-0.3, -0.25) is 4.79 Å². The third-order valence-electron chi connectivity index (χ3n) is 3.69. The lowest BCUT2D eigenvalue weighted by Gasteiger charge is -2.09. The zero-order chi connectivity index (χ0) is 20.7. The minimum absolute atomic E-state index is 0.193. The molecule has 28 heavy (non-hydrogen) atoms. The molecule has 0 heterocycles. The number of benzene rings is 2. The van der Waals surface area contributed by atoms with Gasteiger partial charge < -0.3 is 14.2 Å². The van der Waals surface area contributed by atoms with Crippen LogP contribution in [0.2, 0.25) is 0 Å². The first-order valence-corrected chi connectivity index (χ1v) is 8.02. The molecule has 0 aliphatic carbocycles. The Morgan fingerprint density at radius 2 is 1.75 bits per heavy atom. The molecule has 2 aromatic rings. The first-order chi connectivity index (χ1) is 13.3. The SMILES string of the molecule is COc1cccc(C=CC(=O)OCC(=O)c2cccc(C(F)(F)F)c2)c1OC. The van der Waals surface area contributed by atoms with Gasteiger partial charge in [0.1, 0.15) is 0 Å². The number of para-hydroxylation sites is 1. The highest BCUT2D eigenvalue weighted by molar-refractivity contribution is 5.99. The normalized spacial score (nSPS) is 11.3. The second-order valence-corrected chi connectivity index (χ2v) is 5.53. The Morgan fingerprint density at radius 1 is 1.04 bits per heavy atom. The van der Waals surface area contributed by atoms with Crippen molar-refractivity contribution >= 4 is 17.8 Å². The quantitative estimate of drug-likeness (QED) is 0.401. The van der Waals surface area contributed by atoms with Crippen molar-refractivity contribution in [2.24, 2.45) is 0 Å². The number of hydrogen-bond acceptors (Lipinski definition) is 5. The van der Waals surface area contributed by atoms with Crippen molar-refractivity contribution in [3.05, 3.63) is 65.2 Å². The molecule has 0 fully saturated rings. The summed E-state index contributed by atoms with van der Waals surface area (Å²) in [6.07, 6.45) is -2.07. The number of hydrogen-bond donors (Lipinski definition) is 0. The van der Waals surface area contributed by atoms with E-state index in [1.807, 2.05) is 0 Å². The third-order valence-corrected chi connectivity index (χ3v) is 3.69. The van der Waals surface area contributed by atoms with Gasteiger partial charge in [0.15, 0.2) is 23.9 Å². The summed E-state index contributed by atoms with van der Waals surface area (Å²) in [5.41, 5.74) is -0.598. The summed E-state index contributed by atoms with van der Waals surface area (Å²) < 4.78 is 53.3. The van der Waals surface area contributed by atoms with E-state index >= 15 is 0 Å². The molecule has 0 aliphatic heterocycles. The standard InChI is InChI=1S/C20H17F3O5/c1-26-17-8-4-5-13(19(17)27-2)9-10-18(25)28-12-16(24)14-6-3-7-15(11-14)20(21,22)23/h3-11H,12H2,1-2H3. The fraction of sp³-hybridized carbons (Fsp3) is 0.200. The highest BCUT2D eigenvalue weighted by Crippen LogP contribution is 2.31. The maximum Gasteiger partial charge on any atom is 0.416 e. The van der Waals surface area contributed by atoms with Crippen LogP contribution in [0.25, 0.3) is 6.08 Å². The van der Waals surface area contributed by atoms with Crippen LogP contribution < -0.4 is 9.47 Å². The smallest absolute Gasteiger partial charge is 0.416 e. The van der Waals surface area contributed by atoms with Crippen molar-refractivity contribution in [2.45, 2.75) is 6.18 Å². The van der Waals surface area contributed by atoms with Gasteiger partial charge in [-0.05, 0) is 24.3 Å². The number of ether oxygens (including phenoxy) is 3. The fourth-order valence-electron chi connectivity index (χ4n) is 2.34. The van der Waals surface area contributed by atoms with Gasteiger partial charge >= 0.3 is 12.1 Å². The summed E-state index contributed by atoms with van der Waals surface area (Å²) in [5.74, 6) is -0.691. The molecular weight excluding hydrogens is 377 g/mol. The minimum atomic E-state index is -4.56. The van der Waals surface area contributed by atoms with E-state index in [0.717, 1.165) is 18.2 Å². The van der Waals surface area contributed by atoms with Gasteiger partial charge in [-0.15, -0.1) is 0 Å². The lowest BCUT2D eigenvalue weighted by Crippen LogP contribution is -2.14. The summed E-state index contributed by atoms with van der Waals surface area (Å²) in [6.45, 7) is -0.681. The van der Waals surface area contributed by atoms with E-state index < -0.39 is 30.1 Å². The molecule has 0 bridgehead atoms. The van der Waals surface area contributed by atoms with Crippen molar-refractivity contribution in [1.29, 1.82) is 0 Å². The number of esters is 1. The number of carbonyl (C=O) groups excluding carboxylic acids is 2. The number of Topliss-reactive ketones (excluding diaryl/α,β-unsaturated/α-hetero) is 1. The van der Waals surface area contributed by atoms with Gasteiger partial charge in [-0.2, -0.15) is 13.2 Å². The summed E-state index contributed by atoms with van der Waals surface area (Å²) in [6, 6.07) is 8.97. The molecule has 0 saturated carbocycles. The Morgan fingerprint density at radius 3 is 2.39 bits per heavy atom. The molecule has 8 heteroatoms. The maximum atomic E-state index is 12.7. The van der Waals surface area contributed by atoms with Gasteiger partial charge in [0, 0.05) is 17.2 Å². The van der Waals surface area contributed by atoms with Crippen molar-refractivity contribution in [3.63, 3.8) is 0 Å². The highest BCUT2D eigenvalue weighted by Gasteiger charge is 2.30. The lowest BCUT2D eigenvalue weighted by atomic mass is 10.1. The van der Waals surface area contributed by atoms with Crippen molar-refractivity contribution in [3.8, 4) is 11.5 Å². The third kappa shape index (κ3) is 5.35. The van der Waals surface area contributed by atoms with Crippen molar-refractivity contribution in [1.82, 2.24) is 0 Å². The van der Waals surface area contributed by atoms with Gasteiger partial charge in [-0.25, -0.2) is 4.79 Å². The van der Waals surface area contributed by atoms with Crippen LogP contribution in [0.1, 0.15) is 21.5 Å². The van der Waals surface area contributed by atoms with Gasteiger partial charge in [0.2, 0.25) is 0 Å². The number of ketones is 1. The lowest BCUT2D eigenvalue weighted by molar-refractivity contribution is -0.138. The monoisotopic (exact) mass is 394 g/mol. The Labute approximate surface area is 159 Å². The molecule has 0 unspecified atom stereocenters. The van der Waals surface area contributed by atoms with Crippen molar-refractivity contribution < 1.29 is 37.0 Å². The number of rotatable bonds is 7. The molecule has 0 aromatic heterocycles. The number of alkyl halides is 3. The zero-order valence-corrected chi connectivity index (χ0v) is 15.1.